The standard InChI is InChI=1S/C5H6Br3O2/c6-5(7,8)2-1-3-10-4-9/h1-3H2. The molecule has 0 atom stereocenters. The Balaban J connectivity index is 3.12. The summed E-state index contributed by atoms with van der Waals surface area (Å²) >= 11 is 9.93. The van der Waals surface area contributed by atoms with Crippen LogP contribution in [0.15, 0.2) is 0 Å². The molecule has 10 heavy (non-hydrogen) atoms. The number of hydrogen-bond donors (Lipinski definition) is 0. The van der Waals surface area contributed by atoms with Crippen LogP contribution in [-0.4, -0.2) is 15.2 Å². The number of rotatable bonds is 4. The van der Waals surface area contributed by atoms with Gasteiger partial charge in [0.1, 0.15) is 2.14 Å². The van der Waals surface area contributed by atoms with Crippen molar-refractivity contribution in [1.29, 1.82) is 0 Å². The lowest BCUT2D eigenvalue weighted by molar-refractivity contribution is 0.271. The molecule has 0 unspecified atom stereocenters. The van der Waals surface area contributed by atoms with Gasteiger partial charge in [0, 0.05) is 0 Å². The highest BCUT2D eigenvalue weighted by atomic mass is 80.0. The van der Waals surface area contributed by atoms with Crippen LogP contribution in [-0.2, 0) is 9.53 Å². The van der Waals surface area contributed by atoms with Crippen molar-refractivity contribution in [3.8, 4) is 0 Å². The van der Waals surface area contributed by atoms with Gasteiger partial charge in [0.05, 0.1) is 6.61 Å². The Morgan fingerprint density at radius 3 is 2.40 bits per heavy atom. The van der Waals surface area contributed by atoms with E-state index in [2.05, 4.69) is 52.5 Å². The van der Waals surface area contributed by atoms with Gasteiger partial charge in [-0.3, -0.25) is 0 Å². The van der Waals surface area contributed by atoms with Gasteiger partial charge in [0.15, 0.2) is 0 Å². The Hall–Kier alpha value is 0.910. The van der Waals surface area contributed by atoms with Crippen molar-refractivity contribution < 1.29 is 9.53 Å². The highest BCUT2D eigenvalue weighted by molar-refractivity contribution is 9.39. The van der Waals surface area contributed by atoms with Gasteiger partial charge in [-0.25, -0.2) is 4.79 Å². The van der Waals surface area contributed by atoms with Crippen molar-refractivity contribution >= 4 is 54.3 Å². The normalized spacial score (nSPS) is 11.1. The van der Waals surface area contributed by atoms with E-state index in [0.29, 0.717) is 6.61 Å². The summed E-state index contributed by atoms with van der Waals surface area (Å²) in [6.07, 6.45) is 1.62. The molecule has 1 radical (unpaired) electrons. The van der Waals surface area contributed by atoms with Crippen LogP contribution in [0.4, 0.5) is 0 Å². The van der Waals surface area contributed by atoms with Gasteiger partial charge in [-0.15, -0.1) is 0 Å². The van der Waals surface area contributed by atoms with Crippen molar-refractivity contribution in [2.24, 2.45) is 0 Å². The van der Waals surface area contributed by atoms with Crippen molar-refractivity contribution in [3.63, 3.8) is 0 Å². The first-order valence-corrected chi connectivity index (χ1v) is 5.00. The molecule has 0 aromatic heterocycles. The summed E-state index contributed by atoms with van der Waals surface area (Å²) in [6, 6.07) is 0. The van der Waals surface area contributed by atoms with E-state index in [-0.39, 0.29) is 2.14 Å². The minimum Gasteiger partial charge on any atom is -0.457 e. The Kier molecular flexibility index (Phi) is 6.05. The average Bonchev–Trinajstić information content (AvgIpc) is 1.78. The number of hydrogen-bond acceptors (Lipinski definition) is 2. The zero-order chi connectivity index (χ0) is 8.04. The molecule has 0 saturated heterocycles. The van der Waals surface area contributed by atoms with Crippen LogP contribution in [0.1, 0.15) is 12.8 Å². The third-order valence-electron chi connectivity index (χ3n) is 0.766. The third-order valence-corrected chi connectivity index (χ3v) is 1.96. The topological polar surface area (TPSA) is 26.3 Å². The minimum atomic E-state index is -0.223. The van der Waals surface area contributed by atoms with Gasteiger partial charge in [-0.05, 0) is 12.8 Å². The Morgan fingerprint density at radius 2 is 2.00 bits per heavy atom. The molecule has 0 aliphatic rings. The van der Waals surface area contributed by atoms with Crippen LogP contribution < -0.4 is 0 Å². The highest BCUT2D eigenvalue weighted by Crippen LogP contribution is 2.37. The van der Waals surface area contributed by atoms with Gasteiger partial charge < -0.3 is 4.74 Å². The van der Waals surface area contributed by atoms with Gasteiger partial charge in [-0.2, -0.15) is 0 Å². The molecule has 2 nitrogen and oxygen atoms in total. The van der Waals surface area contributed by atoms with E-state index in [1.54, 1.807) is 0 Å². The Morgan fingerprint density at radius 1 is 1.40 bits per heavy atom. The van der Waals surface area contributed by atoms with E-state index in [0.717, 1.165) is 12.8 Å². The predicted octanol–water partition coefficient (Wildman–Crippen LogP) is 2.69. The lowest BCUT2D eigenvalue weighted by atomic mass is 10.4. The molecular formula is C5H6Br3O2. The molecule has 0 N–H and O–H groups in total. The molecule has 0 aromatic carbocycles. The molecule has 0 fully saturated rings. The van der Waals surface area contributed by atoms with Crippen LogP contribution in [0.5, 0.6) is 0 Å². The number of alkyl halides is 3. The number of carbonyl (C=O) groups excluding carboxylic acids is 1. The first kappa shape index (κ1) is 10.9. The predicted molar refractivity (Wildman–Crippen MR) is 50.4 cm³/mol. The van der Waals surface area contributed by atoms with Gasteiger partial charge in [0.25, 0.3) is 0 Å². The van der Waals surface area contributed by atoms with E-state index < -0.39 is 0 Å². The van der Waals surface area contributed by atoms with E-state index in [9.17, 15) is 4.79 Å². The summed E-state index contributed by atoms with van der Waals surface area (Å²) < 4.78 is 4.14. The van der Waals surface area contributed by atoms with Crippen molar-refractivity contribution in [3.05, 3.63) is 0 Å². The monoisotopic (exact) mass is 335 g/mol. The molecule has 0 aliphatic heterocycles. The molecule has 5 heteroatoms. The Bertz CT molecular complexity index is 99.6. The molecule has 59 valence electrons. The van der Waals surface area contributed by atoms with Crippen LogP contribution in [0.3, 0.4) is 0 Å². The smallest absolute Gasteiger partial charge is 0.417 e. The summed E-state index contributed by atoms with van der Waals surface area (Å²) in [5, 5.41) is 0. The second-order valence-electron chi connectivity index (χ2n) is 1.65. The summed E-state index contributed by atoms with van der Waals surface area (Å²) in [5.41, 5.74) is 0. The molecule has 0 aromatic rings. The second kappa shape index (κ2) is 5.55. The molecule has 0 heterocycles. The molecular weight excluding hydrogens is 332 g/mol. The van der Waals surface area contributed by atoms with Crippen LogP contribution >= 0.6 is 47.8 Å². The lowest BCUT2D eigenvalue weighted by Gasteiger charge is -2.09. The van der Waals surface area contributed by atoms with Gasteiger partial charge >= 0.3 is 6.47 Å². The maximum absolute atomic E-state index is 9.55. The summed E-state index contributed by atoms with van der Waals surface area (Å²) in [4.78, 5) is 9.55. The summed E-state index contributed by atoms with van der Waals surface area (Å²) in [7, 11) is 0. The van der Waals surface area contributed by atoms with Crippen molar-refractivity contribution in [2.45, 2.75) is 15.0 Å². The van der Waals surface area contributed by atoms with E-state index >= 15 is 0 Å². The molecule has 0 amide bonds. The van der Waals surface area contributed by atoms with Crippen LogP contribution in [0, 0.1) is 0 Å². The average molecular weight is 338 g/mol. The largest absolute Gasteiger partial charge is 0.457 e. The zero-order valence-electron chi connectivity index (χ0n) is 5.07. The fraction of sp³-hybridized carbons (Fsp3) is 0.800. The Labute approximate surface area is 85.1 Å². The number of ether oxygens (including phenoxy) is 1. The van der Waals surface area contributed by atoms with E-state index in [4.69, 9.17) is 0 Å². The first-order valence-electron chi connectivity index (χ1n) is 2.62. The highest BCUT2D eigenvalue weighted by Gasteiger charge is 2.16. The minimum absolute atomic E-state index is 0.223. The SMILES string of the molecule is O=[C]OCCCC(Br)(Br)Br. The molecule has 0 saturated carbocycles. The van der Waals surface area contributed by atoms with Crippen molar-refractivity contribution in [1.82, 2.24) is 0 Å². The van der Waals surface area contributed by atoms with Gasteiger partial charge in [-0.1, -0.05) is 47.8 Å². The zero-order valence-corrected chi connectivity index (χ0v) is 9.83. The number of halogens is 3. The molecule has 0 bridgehead atoms. The summed E-state index contributed by atoms with van der Waals surface area (Å²) in [6.45, 7) is 1.77. The van der Waals surface area contributed by atoms with E-state index in [1.807, 2.05) is 0 Å². The molecule has 0 spiro atoms. The maximum Gasteiger partial charge on any atom is 0.417 e. The van der Waals surface area contributed by atoms with E-state index in [1.165, 1.54) is 6.47 Å². The molecule has 0 rings (SSSR count). The third kappa shape index (κ3) is 8.91. The van der Waals surface area contributed by atoms with Crippen molar-refractivity contribution in [2.75, 3.05) is 6.61 Å². The lowest BCUT2D eigenvalue weighted by Crippen LogP contribution is -2.01. The fourth-order valence-electron chi connectivity index (χ4n) is 0.386. The summed E-state index contributed by atoms with van der Waals surface area (Å²) in [5.74, 6) is 0. The molecule has 0 aliphatic carbocycles. The fourth-order valence-corrected chi connectivity index (χ4v) is 1.23. The van der Waals surface area contributed by atoms with Crippen LogP contribution in [0.25, 0.3) is 0 Å². The maximum atomic E-state index is 9.55. The quantitative estimate of drug-likeness (QED) is 0.582. The van der Waals surface area contributed by atoms with Crippen LogP contribution in [0.2, 0.25) is 0 Å². The van der Waals surface area contributed by atoms with Gasteiger partial charge in [0.2, 0.25) is 0 Å². The second-order valence-corrected chi connectivity index (χ2v) is 8.90. The first-order chi connectivity index (χ1) is 4.56.